The van der Waals surface area contributed by atoms with Gasteiger partial charge < -0.3 is 24.6 Å². The van der Waals surface area contributed by atoms with Crippen LogP contribution in [0.15, 0.2) is 5.34 Å². The summed E-state index contributed by atoms with van der Waals surface area (Å²) in [5.74, 6) is -2.17. The number of rotatable bonds is 1. The SMILES string of the molecule is CC(=O)[O-].CC(=O)[O-].CON=O.[Mn+2]. The molecule has 0 saturated carbocycles. The summed E-state index contributed by atoms with van der Waals surface area (Å²) < 4.78 is 0. The van der Waals surface area contributed by atoms with E-state index in [1.54, 1.807) is 0 Å². The van der Waals surface area contributed by atoms with Crippen molar-refractivity contribution in [2.24, 2.45) is 5.34 Å². The van der Waals surface area contributed by atoms with E-state index < -0.39 is 11.9 Å². The van der Waals surface area contributed by atoms with Gasteiger partial charge in [-0.25, -0.2) is 0 Å². The summed E-state index contributed by atoms with van der Waals surface area (Å²) in [4.78, 5) is 30.1. The summed E-state index contributed by atoms with van der Waals surface area (Å²) in [6.07, 6.45) is 0. The third-order valence-corrected chi connectivity index (χ3v) is 0.0745. The van der Waals surface area contributed by atoms with Crippen LogP contribution in [0, 0.1) is 4.91 Å². The number of hydrogen-bond donors (Lipinski definition) is 0. The summed E-state index contributed by atoms with van der Waals surface area (Å²) in [5, 5.41) is 19.8. The standard InChI is InChI=1S/2C2H4O2.CH3NO2.Mn/c2*1-2(3)4;1-4-2-3;/h2*1H3,(H,3,4);1H3;/q;;;+2/p-2. The van der Waals surface area contributed by atoms with Crippen LogP contribution in [0.5, 0.6) is 0 Å². The Morgan fingerprint density at radius 3 is 1.23 bits per heavy atom. The Bertz CT molecular complexity index is 119. The van der Waals surface area contributed by atoms with Crippen LogP contribution in [0.1, 0.15) is 13.8 Å². The molecule has 0 spiro atoms. The van der Waals surface area contributed by atoms with Crippen LogP contribution in [0.25, 0.3) is 0 Å². The van der Waals surface area contributed by atoms with E-state index in [-0.39, 0.29) is 17.1 Å². The van der Waals surface area contributed by atoms with E-state index in [1.807, 2.05) is 5.34 Å². The molecule has 0 N–H and O–H groups in total. The van der Waals surface area contributed by atoms with E-state index in [4.69, 9.17) is 24.7 Å². The molecule has 0 aliphatic carbocycles. The molecule has 0 bridgehead atoms. The van der Waals surface area contributed by atoms with Crippen LogP contribution in [-0.2, 0) is 31.5 Å². The predicted octanol–water partition coefficient (Wildman–Crippen LogP) is -2.18. The third kappa shape index (κ3) is 43200. The maximum Gasteiger partial charge on any atom is 2.00 e. The van der Waals surface area contributed by atoms with Crippen molar-refractivity contribution in [3.63, 3.8) is 0 Å². The number of carbonyl (C=O) groups excluding carboxylic acids is 2. The van der Waals surface area contributed by atoms with Crippen molar-refractivity contribution in [1.82, 2.24) is 0 Å². The molecule has 13 heavy (non-hydrogen) atoms. The van der Waals surface area contributed by atoms with E-state index in [1.165, 1.54) is 7.11 Å². The first-order chi connectivity index (χ1) is 5.38. The molecule has 7 nitrogen and oxygen atoms in total. The zero-order valence-corrected chi connectivity index (χ0v) is 8.46. The first-order valence-corrected chi connectivity index (χ1v) is 2.59. The summed E-state index contributed by atoms with van der Waals surface area (Å²) in [7, 11) is 1.20. The maximum absolute atomic E-state index is 8.89. The summed E-state index contributed by atoms with van der Waals surface area (Å²) in [5.41, 5.74) is 0. The summed E-state index contributed by atoms with van der Waals surface area (Å²) >= 11 is 0. The molecule has 0 amide bonds. The zero-order chi connectivity index (χ0) is 10.6. The third-order valence-electron chi connectivity index (χ3n) is 0.0745. The van der Waals surface area contributed by atoms with Gasteiger partial charge in [0.1, 0.15) is 7.11 Å². The van der Waals surface area contributed by atoms with Crippen LogP contribution in [-0.4, -0.2) is 19.0 Å². The molecular weight excluding hydrogens is 225 g/mol. The molecule has 0 aromatic heterocycles. The van der Waals surface area contributed by atoms with E-state index in [0.29, 0.717) is 0 Å². The molecule has 0 rings (SSSR count). The quantitative estimate of drug-likeness (QED) is 0.289. The molecule has 0 unspecified atom stereocenters. The van der Waals surface area contributed by atoms with Crippen molar-refractivity contribution in [3.05, 3.63) is 4.91 Å². The Balaban J connectivity index is -0.0000000450. The van der Waals surface area contributed by atoms with E-state index in [2.05, 4.69) is 4.84 Å². The number of hydrogen-bond acceptors (Lipinski definition) is 7. The van der Waals surface area contributed by atoms with Gasteiger partial charge >= 0.3 is 17.1 Å². The summed E-state index contributed by atoms with van der Waals surface area (Å²) in [6, 6.07) is 0. The van der Waals surface area contributed by atoms with Crippen LogP contribution < -0.4 is 10.2 Å². The first kappa shape index (κ1) is 22.6. The fourth-order valence-electron chi connectivity index (χ4n) is 0. The average Bonchev–Trinajstić information content (AvgIpc) is 1.85. The fraction of sp³-hybridized carbons (Fsp3) is 0.600. The van der Waals surface area contributed by atoms with E-state index in [0.717, 1.165) is 13.8 Å². The molecule has 0 aromatic rings. The topological polar surface area (TPSA) is 119 Å². The molecule has 1 radical (unpaired) electrons. The van der Waals surface area contributed by atoms with Crippen LogP contribution in [0.4, 0.5) is 0 Å². The minimum atomic E-state index is -1.08. The van der Waals surface area contributed by atoms with Crippen molar-refractivity contribution in [2.75, 3.05) is 7.11 Å². The van der Waals surface area contributed by atoms with Crippen molar-refractivity contribution in [2.45, 2.75) is 13.8 Å². The molecule has 0 aliphatic rings. The average molecular weight is 234 g/mol. The first-order valence-electron chi connectivity index (χ1n) is 2.59. The Morgan fingerprint density at radius 2 is 1.23 bits per heavy atom. The van der Waals surface area contributed by atoms with Crippen LogP contribution in [0.3, 0.4) is 0 Å². The molecule has 0 aromatic carbocycles. The van der Waals surface area contributed by atoms with Gasteiger partial charge in [0, 0.05) is 11.9 Å². The van der Waals surface area contributed by atoms with Crippen molar-refractivity contribution >= 4 is 11.9 Å². The molecule has 0 heterocycles. The van der Waals surface area contributed by atoms with Gasteiger partial charge in [0.25, 0.3) is 0 Å². The normalized spacial score (nSPS) is 5.46. The minimum absolute atomic E-state index is 0. The Morgan fingerprint density at radius 1 is 1.15 bits per heavy atom. The van der Waals surface area contributed by atoms with Gasteiger partial charge in [0.15, 0.2) is 5.34 Å². The zero-order valence-electron chi connectivity index (χ0n) is 7.27. The van der Waals surface area contributed by atoms with Crippen molar-refractivity contribution in [1.29, 1.82) is 0 Å². The predicted molar refractivity (Wildman–Crippen MR) is 34.2 cm³/mol. The summed E-state index contributed by atoms with van der Waals surface area (Å²) in [6.45, 7) is 1.94. The van der Waals surface area contributed by atoms with Gasteiger partial charge in [0.2, 0.25) is 0 Å². The smallest absolute Gasteiger partial charge is 0.550 e. The Kier molecular flexibility index (Phi) is 39.1. The fourth-order valence-corrected chi connectivity index (χ4v) is 0. The second kappa shape index (κ2) is 22.4. The monoisotopic (exact) mass is 234 g/mol. The second-order valence-electron chi connectivity index (χ2n) is 1.24. The molecule has 77 valence electrons. The number of carbonyl (C=O) groups is 2. The van der Waals surface area contributed by atoms with Crippen molar-refractivity contribution in [3.8, 4) is 0 Å². The number of carboxylic acids is 2. The molecule has 8 heteroatoms. The maximum atomic E-state index is 8.89. The van der Waals surface area contributed by atoms with Gasteiger partial charge in [0.05, 0.1) is 0 Å². The second-order valence-corrected chi connectivity index (χ2v) is 1.24. The van der Waals surface area contributed by atoms with E-state index >= 15 is 0 Å². The van der Waals surface area contributed by atoms with Gasteiger partial charge in [-0.1, -0.05) is 0 Å². The number of nitrogens with zero attached hydrogens (tertiary/aromatic N) is 1. The van der Waals surface area contributed by atoms with E-state index in [9.17, 15) is 0 Å². The minimum Gasteiger partial charge on any atom is -0.550 e. The molecular formula is C5H9MnNO6. The van der Waals surface area contributed by atoms with Crippen molar-refractivity contribution < 1.29 is 41.7 Å². The van der Waals surface area contributed by atoms with Gasteiger partial charge in [-0.05, 0) is 13.8 Å². The van der Waals surface area contributed by atoms with Gasteiger partial charge in [-0.15, -0.1) is 4.91 Å². The van der Waals surface area contributed by atoms with Crippen LogP contribution >= 0.6 is 0 Å². The number of carboxylic acid groups (broad SMARTS) is 2. The molecule has 0 atom stereocenters. The van der Waals surface area contributed by atoms with Gasteiger partial charge in [-0.2, -0.15) is 0 Å². The van der Waals surface area contributed by atoms with Crippen LogP contribution in [0.2, 0.25) is 0 Å². The largest absolute Gasteiger partial charge is 2.00 e. The van der Waals surface area contributed by atoms with Gasteiger partial charge in [-0.3, -0.25) is 0 Å². The Labute approximate surface area is 85.5 Å². The molecule has 0 fully saturated rings. The number of aliphatic carboxylic acids is 2. The Hall–Kier alpha value is -1.14. The molecule has 0 saturated heterocycles. The molecule has 0 aliphatic heterocycles.